The number of aromatic nitrogens is 1. The smallest absolute Gasteiger partial charge is 0.374 e. The lowest BCUT2D eigenvalue weighted by Gasteiger charge is -2.08. The van der Waals surface area contributed by atoms with Crippen LogP contribution in [0.25, 0.3) is 11.3 Å². The molecule has 5 nitrogen and oxygen atoms in total. The van der Waals surface area contributed by atoms with Crippen LogP contribution < -0.4 is 4.74 Å². The third-order valence-electron chi connectivity index (χ3n) is 3.12. The third kappa shape index (κ3) is 2.85. The van der Waals surface area contributed by atoms with Crippen LogP contribution in [0.15, 0.2) is 33.3 Å². The summed E-state index contributed by atoms with van der Waals surface area (Å²) in [4.78, 5) is 10.8. The fraction of sp³-hybridized carbons (Fsp3) is 0.286. The molecule has 0 amide bonds. The number of nitrogens with zero attached hydrogens (tertiary/aromatic N) is 1. The molecule has 1 aliphatic rings. The topological polar surface area (TPSA) is 72.6 Å². The number of hydrogen-bond acceptors (Lipinski definition) is 4. The van der Waals surface area contributed by atoms with Crippen molar-refractivity contribution in [2.24, 2.45) is 5.92 Å². The molecule has 0 radical (unpaired) electrons. The van der Waals surface area contributed by atoms with E-state index in [0.717, 1.165) is 15.8 Å². The standard InChI is InChI=1S/C14H12BrNO4/c15-10-4-3-9(5-12(10)19-7-8-1-2-8)11-6-13(14(17)18)20-16-11/h3-6,8H,1-2,7H2,(H,17,18). The van der Waals surface area contributed by atoms with Crippen molar-refractivity contribution in [1.82, 2.24) is 5.16 Å². The summed E-state index contributed by atoms with van der Waals surface area (Å²) >= 11 is 3.44. The van der Waals surface area contributed by atoms with Gasteiger partial charge in [0.05, 0.1) is 11.1 Å². The first kappa shape index (κ1) is 13.2. The van der Waals surface area contributed by atoms with E-state index in [-0.39, 0.29) is 5.76 Å². The van der Waals surface area contributed by atoms with Gasteiger partial charge in [0.25, 0.3) is 0 Å². The summed E-state index contributed by atoms with van der Waals surface area (Å²) in [5.41, 5.74) is 1.24. The van der Waals surface area contributed by atoms with Crippen molar-refractivity contribution >= 4 is 21.9 Å². The second-order valence-electron chi connectivity index (χ2n) is 4.78. The molecule has 1 fully saturated rings. The second-order valence-corrected chi connectivity index (χ2v) is 5.64. The van der Waals surface area contributed by atoms with Crippen molar-refractivity contribution in [3.63, 3.8) is 0 Å². The quantitative estimate of drug-likeness (QED) is 0.902. The number of carbonyl (C=O) groups is 1. The Bertz CT molecular complexity index is 648. The molecule has 2 aromatic rings. The molecule has 0 aliphatic heterocycles. The lowest BCUT2D eigenvalue weighted by molar-refractivity contribution is 0.0652. The molecule has 1 saturated carbocycles. The lowest BCUT2D eigenvalue weighted by atomic mass is 10.1. The highest BCUT2D eigenvalue weighted by Gasteiger charge is 2.22. The summed E-state index contributed by atoms with van der Waals surface area (Å²) in [6.45, 7) is 0.710. The number of carboxylic acid groups (broad SMARTS) is 1. The predicted octanol–water partition coefficient (Wildman–Crippen LogP) is 3.59. The number of carboxylic acids is 1. The summed E-state index contributed by atoms with van der Waals surface area (Å²) in [6, 6.07) is 6.91. The molecular weight excluding hydrogens is 326 g/mol. The summed E-state index contributed by atoms with van der Waals surface area (Å²) in [5, 5.41) is 12.6. The Hall–Kier alpha value is -1.82. The van der Waals surface area contributed by atoms with Gasteiger partial charge in [0, 0.05) is 11.6 Å². The first-order chi connectivity index (χ1) is 9.63. The highest BCUT2D eigenvalue weighted by atomic mass is 79.9. The van der Waals surface area contributed by atoms with Crippen molar-refractivity contribution in [2.75, 3.05) is 6.61 Å². The van der Waals surface area contributed by atoms with Gasteiger partial charge < -0.3 is 14.4 Å². The Morgan fingerprint density at radius 3 is 2.90 bits per heavy atom. The Kier molecular flexibility index (Phi) is 3.48. The van der Waals surface area contributed by atoms with Gasteiger partial charge in [0.2, 0.25) is 5.76 Å². The minimum Gasteiger partial charge on any atom is -0.492 e. The summed E-state index contributed by atoms with van der Waals surface area (Å²) in [6.07, 6.45) is 2.45. The molecule has 1 aromatic carbocycles. The minimum atomic E-state index is -1.13. The number of ether oxygens (including phenoxy) is 1. The van der Waals surface area contributed by atoms with E-state index in [9.17, 15) is 4.79 Å². The zero-order valence-corrected chi connectivity index (χ0v) is 12.1. The van der Waals surface area contributed by atoms with Gasteiger partial charge in [0.1, 0.15) is 11.4 Å². The maximum Gasteiger partial charge on any atom is 0.374 e. The molecule has 0 spiro atoms. The van der Waals surface area contributed by atoms with Gasteiger partial charge >= 0.3 is 5.97 Å². The Balaban J connectivity index is 1.84. The van der Waals surface area contributed by atoms with Crippen LogP contribution in [0.2, 0.25) is 0 Å². The zero-order chi connectivity index (χ0) is 14.1. The fourth-order valence-corrected chi connectivity index (χ4v) is 2.14. The van der Waals surface area contributed by atoms with Crippen molar-refractivity contribution in [3.8, 4) is 17.0 Å². The largest absolute Gasteiger partial charge is 0.492 e. The number of halogens is 1. The molecule has 1 N–H and O–H groups in total. The van der Waals surface area contributed by atoms with Crippen LogP contribution in [-0.2, 0) is 0 Å². The maximum absolute atomic E-state index is 10.8. The molecule has 6 heteroatoms. The molecule has 1 aliphatic carbocycles. The van der Waals surface area contributed by atoms with Gasteiger partial charge in [-0.3, -0.25) is 0 Å². The minimum absolute atomic E-state index is 0.177. The van der Waals surface area contributed by atoms with Crippen LogP contribution in [0.3, 0.4) is 0 Å². The van der Waals surface area contributed by atoms with Crippen LogP contribution in [0.5, 0.6) is 5.75 Å². The molecule has 3 rings (SSSR count). The molecule has 0 saturated heterocycles. The van der Waals surface area contributed by atoms with E-state index in [1.165, 1.54) is 18.9 Å². The van der Waals surface area contributed by atoms with E-state index in [1.807, 2.05) is 18.2 Å². The molecule has 0 unspecified atom stereocenters. The van der Waals surface area contributed by atoms with Gasteiger partial charge in [-0.05, 0) is 46.8 Å². The number of aromatic carboxylic acids is 1. The monoisotopic (exact) mass is 337 g/mol. The first-order valence-electron chi connectivity index (χ1n) is 6.26. The van der Waals surface area contributed by atoms with Gasteiger partial charge in [-0.15, -0.1) is 0 Å². The first-order valence-corrected chi connectivity index (χ1v) is 7.05. The van der Waals surface area contributed by atoms with Crippen molar-refractivity contribution < 1.29 is 19.2 Å². The summed E-state index contributed by atoms with van der Waals surface area (Å²) in [7, 11) is 0. The maximum atomic E-state index is 10.8. The Labute approximate surface area is 123 Å². The van der Waals surface area contributed by atoms with Crippen LogP contribution in [-0.4, -0.2) is 22.8 Å². The van der Waals surface area contributed by atoms with Crippen molar-refractivity contribution in [3.05, 3.63) is 34.5 Å². The van der Waals surface area contributed by atoms with Gasteiger partial charge in [-0.1, -0.05) is 11.2 Å². The van der Waals surface area contributed by atoms with E-state index < -0.39 is 5.97 Å². The van der Waals surface area contributed by atoms with Crippen molar-refractivity contribution in [2.45, 2.75) is 12.8 Å². The van der Waals surface area contributed by atoms with E-state index in [4.69, 9.17) is 14.4 Å². The average molecular weight is 338 g/mol. The highest BCUT2D eigenvalue weighted by Crippen LogP contribution is 2.34. The molecule has 104 valence electrons. The average Bonchev–Trinajstić information content (AvgIpc) is 3.12. The molecule has 0 bridgehead atoms. The SMILES string of the molecule is O=C(O)c1cc(-c2ccc(Br)c(OCC3CC3)c2)no1. The lowest BCUT2D eigenvalue weighted by Crippen LogP contribution is -1.99. The Morgan fingerprint density at radius 1 is 1.45 bits per heavy atom. The van der Waals surface area contributed by atoms with Crippen LogP contribution in [0.4, 0.5) is 0 Å². The third-order valence-corrected chi connectivity index (χ3v) is 3.77. The number of benzene rings is 1. The van der Waals surface area contributed by atoms with Crippen molar-refractivity contribution in [1.29, 1.82) is 0 Å². The second kappa shape index (κ2) is 5.28. The molecule has 0 atom stereocenters. The zero-order valence-electron chi connectivity index (χ0n) is 10.5. The van der Waals surface area contributed by atoms with E-state index >= 15 is 0 Å². The predicted molar refractivity (Wildman–Crippen MR) is 74.8 cm³/mol. The molecule has 20 heavy (non-hydrogen) atoms. The highest BCUT2D eigenvalue weighted by molar-refractivity contribution is 9.10. The summed E-state index contributed by atoms with van der Waals surface area (Å²) < 4.78 is 11.4. The van der Waals surface area contributed by atoms with E-state index in [2.05, 4.69) is 21.1 Å². The van der Waals surface area contributed by atoms with Crippen LogP contribution >= 0.6 is 15.9 Å². The van der Waals surface area contributed by atoms with E-state index in [0.29, 0.717) is 18.2 Å². The normalized spacial score (nSPS) is 14.2. The number of rotatable bonds is 5. The van der Waals surface area contributed by atoms with Gasteiger partial charge in [0.15, 0.2) is 0 Å². The Morgan fingerprint density at radius 2 is 2.25 bits per heavy atom. The van der Waals surface area contributed by atoms with Crippen LogP contribution in [0.1, 0.15) is 23.4 Å². The van der Waals surface area contributed by atoms with Gasteiger partial charge in [-0.25, -0.2) is 4.79 Å². The van der Waals surface area contributed by atoms with Gasteiger partial charge in [-0.2, -0.15) is 0 Å². The summed E-state index contributed by atoms with van der Waals surface area (Å²) in [5.74, 6) is 0.0833. The molecule has 1 heterocycles. The molecular formula is C14H12BrNO4. The molecule has 1 aromatic heterocycles. The fourth-order valence-electron chi connectivity index (χ4n) is 1.78. The number of hydrogen-bond donors (Lipinski definition) is 1. The van der Waals surface area contributed by atoms with E-state index in [1.54, 1.807) is 0 Å². The van der Waals surface area contributed by atoms with Crippen LogP contribution in [0, 0.1) is 5.92 Å².